The maximum atomic E-state index is 14.7. The summed E-state index contributed by atoms with van der Waals surface area (Å²) < 4.78 is 79.4. The Morgan fingerprint density at radius 2 is 1.65 bits per heavy atom. The summed E-state index contributed by atoms with van der Waals surface area (Å²) in [6.07, 6.45) is -3.82. The Kier molecular flexibility index (Phi) is 13.1. The summed E-state index contributed by atoms with van der Waals surface area (Å²) in [7, 11) is -4.79. The lowest BCUT2D eigenvalue weighted by Gasteiger charge is -2.31. The summed E-state index contributed by atoms with van der Waals surface area (Å²) >= 11 is 2.88. The van der Waals surface area contributed by atoms with Crippen LogP contribution < -0.4 is 20.3 Å². The lowest BCUT2D eigenvalue weighted by Crippen LogP contribution is -2.39. The van der Waals surface area contributed by atoms with Gasteiger partial charge < -0.3 is 15.0 Å². The molecule has 8 rings (SSSR count). The SMILES string of the molecule is O=C(NS(=O)(=O)c1ccc(N[C@H](CCN2CCOCC2)CSc2ccccc2)c(C(F)(F)F)c1)c1cccc(N2CCc3cccc(C(=O)Nc4nc5ccccc5s4)c3C2)n1. The van der Waals surface area contributed by atoms with Gasteiger partial charge in [0.2, 0.25) is 0 Å². The number of pyridine rings is 1. The molecule has 0 spiro atoms. The Hall–Kier alpha value is -5.53. The molecule has 2 aliphatic rings. The molecule has 0 aliphatic carbocycles. The van der Waals surface area contributed by atoms with Crippen molar-refractivity contribution in [1.29, 1.82) is 0 Å². The van der Waals surface area contributed by atoms with Crippen LogP contribution in [0, 0.1) is 0 Å². The van der Waals surface area contributed by atoms with Gasteiger partial charge in [0.15, 0.2) is 5.13 Å². The molecule has 12 nitrogen and oxygen atoms in total. The van der Waals surface area contributed by atoms with Gasteiger partial charge in [-0.25, -0.2) is 23.1 Å². The van der Waals surface area contributed by atoms with Crippen molar-refractivity contribution in [3.63, 3.8) is 0 Å². The molecule has 0 saturated carbocycles. The van der Waals surface area contributed by atoms with Gasteiger partial charge in [0.25, 0.3) is 21.8 Å². The lowest BCUT2D eigenvalue weighted by molar-refractivity contribution is -0.137. The number of thioether (sulfide) groups is 1. The molecule has 6 aromatic rings. The number of carbonyl (C=O) groups excluding carboxylic acids is 2. The number of fused-ring (bicyclic) bond motifs is 2. The molecule has 3 N–H and O–H groups in total. The second-order valence-corrected chi connectivity index (χ2v) is 18.6. The maximum absolute atomic E-state index is 14.7. The number of halogens is 3. The number of alkyl halides is 3. The number of nitrogens with zero attached hydrogens (tertiary/aromatic N) is 4. The highest BCUT2D eigenvalue weighted by Crippen LogP contribution is 2.37. The molecule has 0 bridgehead atoms. The largest absolute Gasteiger partial charge is 0.418 e. The topological polar surface area (TPSA) is 146 Å². The van der Waals surface area contributed by atoms with Crippen LogP contribution in [-0.2, 0) is 33.9 Å². The van der Waals surface area contributed by atoms with Crippen LogP contribution in [0.15, 0.2) is 119 Å². The molecule has 2 aromatic heterocycles. The molecule has 0 unspecified atom stereocenters. The quantitative estimate of drug-likeness (QED) is 0.0917. The van der Waals surface area contributed by atoms with E-state index in [1.165, 1.54) is 29.2 Å². The van der Waals surface area contributed by atoms with E-state index in [4.69, 9.17) is 4.74 Å². The summed E-state index contributed by atoms with van der Waals surface area (Å²) in [6.45, 7) is 4.04. The number of rotatable bonds is 14. The first kappa shape index (κ1) is 43.1. The van der Waals surface area contributed by atoms with E-state index in [1.54, 1.807) is 18.2 Å². The molecule has 1 atom stereocenters. The second-order valence-electron chi connectivity index (χ2n) is 14.8. The number of hydrogen-bond acceptors (Lipinski definition) is 12. The third kappa shape index (κ3) is 10.4. The Morgan fingerprint density at radius 3 is 2.44 bits per heavy atom. The van der Waals surface area contributed by atoms with E-state index in [9.17, 15) is 31.2 Å². The zero-order valence-electron chi connectivity index (χ0n) is 33.2. The van der Waals surface area contributed by atoms with Crippen molar-refractivity contribution in [3.05, 3.63) is 137 Å². The summed E-state index contributed by atoms with van der Waals surface area (Å²) in [5.74, 6) is -0.626. The second kappa shape index (κ2) is 18.8. The Balaban J connectivity index is 0.963. The first-order chi connectivity index (χ1) is 29.9. The number of para-hydroxylation sites is 1. The van der Waals surface area contributed by atoms with E-state index < -0.39 is 38.6 Å². The average molecular weight is 902 g/mol. The van der Waals surface area contributed by atoms with Crippen molar-refractivity contribution in [3.8, 4) is 0 Å². The number of benzene rings is 4. The van der Waals surface area contributed by atoms with Gasteiger partial charge in [-0.1, -0.05) is 59.9 Å². The van der Waals surface area contributed by atoms with E-state index in [2.05, 4.69) is 25.5 Å². The summed E-state index contributed by atoms with van der Waals surface area (Å²) in [5, 5.41) is 6.44. The van der Waals surface area contributed by atoms with Crippen LogP contribution in [0.3, 0.4) is 0 Å². The summed E-state index contributed by atoms with van der Waals surface area (Å²) in [6, 6.07) is 29.4. The highest BCUT2D eigenvalue weighted by molar-refractivity contribution is 7.99. The normalized spacial score (nSPS) is 15.2. The third-order valence-corrected chi connectivity index (χ3v) is 14.1. The first-order valence-electron chi connectivity index (χ1n) is 19.9. The molecular formula is C44H42F3N7O5S3. The first-order valence-corrected chi connectivity index (χ1v) is 23.2. The molecule has 2 aliphatic heterocycles. The monoisotopic (exact) mass is 901 g/mol. The number of hydrogen-bond donors (Lipinski definition) is 3. The zero-order chi connectivity index (χ0) is 43.3. The van der Waals surface area contributed by atoms with Crippen molar-refractivity contribution in [2.45, 2.75) is 41.4 Å². The molecule has 0 radical (unpaired) electrons. The van der Waals surface area contributed by atoms with Crippen molar-refractivity contribution < 1.29 is 35.9 Å². The standard InChI is InChI=1S/C44H42F3N7O5S3/c45-44(46,47)35-26-32(16-17-36(35)48-30(19-20-53-22-24-59-25-23-53)28-60-31-9-2-1-3-10-31)62(57,58)52-42(56)38-13-7-15-40(49-38)54-21-18-29-8-6-11-33(34(29)27-54)41(55)51-43-50-37-12-4-5-14-39(37)61-43/h1-17,26,30,48H,18-25,27-28H2,(H,52,56)(H,50,51,55)/t30-/m1/s1. The number of aromatic nitrogens is 2. The fraction of sp³-hybridized carbons (Fsp3) is 0.273. The van der Waals surface area contributed by atoms with Gasteiger partial charge in [-0.05, 0) is 84.6 Å². The van der Waals surface area contributed by atoms with Crippen LogP contribution in [0.1, 0.15) is 44.0 Å². The molecule has 322 valence electrons. The lowest BCUT2D eigenvalue weighted by atomic mass is 9.94. The number of thiazole rings is 1. The number of nitrogens with one attached hydrogen (secondary N) is 3. The average Bonchev–Trinajstić information content (AvgIpc) is 3.69. The minimum atomic E-state index is -4.92. The van der Waals surface area contributed by atoms with E-state index in [1.807, 2.05) is 76.4 Å². The molecule has 18 heteroatoms. The predicted octanol–water partition coefficient (Wildman–Crippen LogP) is 7.94. The third-order valence-electron chi connectivity index (χ3n) is 10.6. The van der Waals surface area contributed by atoms with Crippen molar-refractivity contribution in [2.75, 3.05) is 60.7 Å². The molecule has 2 amide bonds. The van der Waals surface area contributed by atoms with Crippen LogP contribution in [0.25, 0.3) is 10.2 Å². The van der Waals surface area contributed by atoms with Gasteiger partial charge in [-0.15, -0.1) is 11.8 Å². The van der Waals surface area contributed by atoms with Crippen LogP contribution in [0.4, 0.5) is 29.8 Å². The smallest absolute Gasteiger partial charge is 0.381 e. The fourth-order valence-corrected chi connectivity index (χ4v) is 10.2. The van der Waals surface area contributed by atoms with Gasteiger partial charge in [0.1, 0.15) is 11.5 Å². The van der Waals surface area contributed by atoms with Gasteiger partial charge in [-0.2, -0.15) is 13.2 Å². The number of anilines is 3. The van der Waals surface area contributed by atoms with Crippen molar-refractivity contribution in [1.82, 2.24) is 19.6 Å². The van der Waals surface area contributed by atoms with Crippen LogP contribution in [-0.4, -0.2) is 86.3 Å². The van der Waals surface area contributed by atoms with Gasteiger partial charge >= 0.3 is 6.18 Å². The Labute approximate surface area is 365 Å². The minimum absolute atomic E-state index is 0.257. The summed E-state index contributed by atoms with van der Waals surface area (Å²) in [4.78, 5) is 40.3. The molecular weight excluding hydrogens is 860 g/mol. The van der Waals surface area contributed by atoms with Gasteiger partial charge in [0.05, 0.1) is 33.9 Å². The highest BCUT2D eigenvalue weighted by atomic mass is 32.2. The van der Waals surface area contributed by atoms with E-state index in [0.29, 0.717) is 67.5 Å². The summed E-state index contributed by atoms with van der Waals surface area (Å²) in [5.41, 5.74) is 1.29. The highest BCUT2D eigenvalue weighted by Gasteiger charge is 2.36. The number of ether oxygens (including phenoxy) is 1. The van der Waals surface area contributed by atoms with Crippen molar-refractivity contribution >= 4 is 71.8 Å². The zero-order valence-corrected chi connectivity index (χ0v) is 35.7. The number of sulfonamides is 1. The van der Waals surface area contributed by atoms with Crippen molar-refractivity contribution in [2.24, 2.45) is 0 Å². The number of morpholine rings is 1. The molecule has 1 fully saturated rings. The van der Waals surface area contributed by atoms with E-state index in [0.717, 1.165) is 51.5 Å². The maximum Gasteiger partial charge on any atom is 0.418 e. The van der Waals surface area contributed by atoms with Crippen LogP contribution >= 0.6 is 23.1 Å². The molecule has 62 heavy (non-hydrogen) atoms. The number of carbonyl (C=O) groups is 2. The number of amides is 2. The Morgan fingerprint density at radius 1 is 0.871 bits per heavy atom. The van der Waals surface area contributed by atoms with Gasteiger partial charge in [-0.3, -0.25) is 19.8 Å². The predicted molar refractivity (Wildman–Crippen MR) is 236 cm³/mol. The van der Waals surface area contributed by atoms with E-state index in [-0.39, 0.29) is 23.8 Å². The minimum Gasteiger partial charge on any atom is -0.381 e. The van der Waals surface area contributed by atoms with Crippen LogP contribution in [0.5, 0.6) is 0 Å². The van der Waals surface area contributed by atoms with Gasteiger partial charge in [0, 0.05) is 60.7 Å². The fourth-order valence-electron chi connectivity index (χ4n) is 7.38. The molecule has 4 aromatic carbocycles. The molecule has 1 saturated heterocycles. The Bertz CT molecular complexity index is 2650. The molecule has 4 heterocycles. The van der Waals surface area contributed by atoms with Crippen LogP contribution in [0.2, 0.25) is 0 Å². The van der Waals surface area contributed by atoms with E-state index >= 15 is 0 Å².